The summed E-state index contributed by atoms with van der Waals surface area (Å²) in [5.41, 5.74) is 3.96. The van der Waals surface area contributed by atoms with E-state index in [1.165, 1.54) is 18.2 Å². The van der Waals surface area contributed by atoms with E-state index in [0.29, 0.717) is 18.7 Å². The van der Waals surface area contributed by atoms with E-state index in [4.69, 9.17) is 0 Å². The number of hydrogen-bond donors (Lipinski definition) is 2. The molecule has 31 heavy (non-hydrogen) atoms. The van der Waals surface area contributed by atoms with Gasteiger partial charge < -0.3 is 10.6 Å². The average Bonchev–Trinajstić information content (AvgIpc) is 3.13. The van der Waals surface area contributed by atoms with Crippen molar-refractivity contribution in [3.8, 4) is 11.3 Å². The van der Waals surface area contributed by atoms with Crippen molar-refractivity contribution in [1.29, 1.82) is 0 Å². The molecule has 2 aromatic carbocycles. The minimum atomic E-state index is -0.309. The van der Waals surface area contributed by atoms with E-state index in [1.54, 1.807) is 48.3 Å². The second kappa shape index (κ2) is 10.3. The highest BCUT2D eigenvalue weighted by molar-refractivity contribution is 6.02. The van der Waals surface area contributed by atoms with Crippen LogP contribution < -0.4 is 10.6 Å². The first-order chi connectivity index (χ1) is 15.0. The molecule has 0 bridgehead atoms. The van der Waals surface area contributed by atoms with Crippen molar-refractivity contribution in [2.75, 3.05) is 5.32 Å². The number of carbonyl (C=O) groups is 2. The Morgan fingerprint density at radius 3 is 2.48 bits per heavy atom. The smallest absolute Gasteiger partial charge is 0.248 e. The van der Waals surface area contributed by atoms with Gasteiger partial charge in [0.15, 0.2) is 0 Å². The van der Waals surface area contributed by atoms with Gasteiger partial charge in [-0.25, -0.2) is 4.39 Å². The molecule has 0 atom stereocenters. The molecular weight excluding hydrogens is 395 g/mol. The molecule has 0 aliphatic heterocycles. The Kier molecular flexibility index (Phi) is 7.32. The number of benzene rings is 2. The zero-order chi connectivity index (χ0) is 22.2. The van der Waals surface area contributed by atoms with E-state index in [0.717, 1.165) is 28.8 Å². The van der Waals surface area contributed by atoms with E-state index in [9.17, 15) is 14.0 Å². The second-order valence-corrected chi connectivity index (χ2v) is 7.13. The molecule has 3 aromatic rings. The maximum atomic E-state index is 13.2. The van der Waals surface area contributed by atoms with Gasteiger partial charge in [0.05, 0.1) is 11.9 Å². The summed E-state index contributed by atoms with van der Waals surface area (Å²) in [5.74, 6) is -0.560. The molecule has 0 aliphatic carbocycles. The van der Waals surface area contributed by atoms with Crippen molar-refractivity contribution >= 4 is 23.6 Å². The number of aromatic nitrogens is 2. The van der Waals surface area contributed by atoms with Crippen LogP contribution in [0.4, 0.5) is 10.1 Å². The zero-order valence-corrected chi connectivity index (χ0v) is 17.6. The fourth-order valence-electron chi connectivity index (χ4n) is 3.11. The first kappa shape index (κ1) is 22.0. The van der Waals surface area contributed by atoms with Gasteiger partial charge in [-0.15, -0.1) is 0 Å². The summed E-state index contributed by atoms with van der Waals surface area (Å²) < 4.78 is 14.9. The summed E-state index contributed by atoms with van der Waals surface area (Å²) in [6.07, 6.45) is 6.10. The van der Waals surface area contributed by atoms with E-state index in [-0.39, 0.29) is 17.6 Å². The lowest BCUT2D eigenvalue weighted by atomic mass is 10.1. The summed E-state index contributed by atoms with van der Waals surface area (Å²) >= 11 is 0. The number of carbonyl (C=O) groups excluding carboxylic acids is 2. The lowest BCUT2D eigenvalue weighted by Crippen LogP contribution is -2.22. The lowest BCUT2D eigenvalue weighted by molar-refractivity contribution is -0.121. The average molecular weight is 420 g/mol. The molecule has 0 spiro atoms. The highest BCUT2D eigenvalue weighted by Gasteiger charge is 2.09. The van der Waals surface area contributed by atoms with Crippen LogP contribution in [0.3, 0.4) is 0 Å². The molecule has 160 valence electrons. The zero-order valence-electron chi connectivity index (χ0n) is 17.6. The van der Waals surface area contributed by atoms with Crippen molar-refractivity contribution in [3.05, 3.63) is 77.7 Å². The van der Waals surface area contributed by atoms with E-state index in [1.807, 2.05) is 19.1 Å². The van der Waals surface area contributed by atoms with E-state index < -0.39 is 0 Å². The number of nitrogens with zero attached hydrogens (tertiary/aromatic N) is 2. The molecule has 0 radical (unpaired) electrons. The van der Waals surface area contributed by atoms with Crippen molar-refractivity contribution in [3.63, 3.8) is 0 Å². The van der Waals surface area contributed by atoms with Crippen LogP contribution in [-0.4, -0.2) is 21.6 Å². The maximum absolute atomic E-state index is 13.2. The fraction of sp³-hybridized carbons (Fsp3) is 0.208. The van der Waals surface area contributed by atoms with Crippen molar-refractivity contribution in [2.24, 2.45) is 7.05 Å². The molecule has 0 aliphatic rings. The van der Waals surface area contributed by atoms with Crippen LogP contribution in [0.15, 0.2) is 60.8 Å². The van der Waals surface area contributed by atoms with Gasteiger partial charge in [-0.05, 0) is 54.5 Å². The van der Waals surface area contributed by atoms with Crippen LogP contribution in [0.25, 0.3) is 17.3 Å². The molecule has 0 unspecified atom stereocenters. The number of hydrogen-bond acceptors (Lipinski definition) is 3. The third kappa shape index (κ3) is 6.12. The van der Waals surface area contributed by atoms with Crippen molar-refractivity contribution in [2.45, 2.75) is 26.3 Å². The highest BCUT2D eigenvalue weighted by Crippen LogP contribution is 2.24. The Balaban J connectivity index is 1.61. The summed E-state index contributed by atoms with van der Waals surface area (Å²) in [7, 11) is 1.79. The minimum absolute atomic E-state index is 0.0282. The summed E-state index contributed by atoms with van der Waals surface area (Å²) in [6, 6.07) is 13.4. The lowest BCUT2D eigenvalue weighted by Gasteiger charge is -2.07. The number of rotatable bonds is 8. The SMILES string of the molecule is CCCC(=O)NCc1ccc(NC(=O)C=Cc2cnn(C)c2-c2ccc(F)cc2)cc1. The standard InChI is InChI=1S/C24H25FN4O2/c1-3-4-22(30)26-15-17-5-12-21(13-6-17)28-23(31)14-9-19-16-27-29(2)24(19)18-7-10-20(25)11-8-18/h5-14,16H,3-4,15H2,1-2H3,(H,26,30)(H,28,31). The van der Waals surface area contributed by atoms with Crippen molar-refractivity contribution < 1.29 is 14.0 Å². The first-order valence-electron chi connectivity index (χ1n) is 10.1. The Bertz CT molecular complexity index is 1070. The minimum Gasteiger partial charge on any atom is -0.352 e. The summed E-state index contributed by atoms with van der Waals surface area (Å²) in [5, 5.41) is 9.90. The predicted molar refractivity (Wildman–Crippen MR) is 119 cm³/mol. The van der Waals surface area contributed by atoms with Crippen LogP contribution in [0, 0.1) is 5.82 Å². The topological polar surface area (TPSA) is 76.0 Å². The van der Waals surface area contributed by atoms with Crippen LogP contribution in [0.1, 0.15) is 30.9 Å². The van der Waals surface area contributed by atoms with Gasteiger partial charge in [0, 0.05) is 42.9 Å². The van der Waals surface area contributed by atoms with Gasteiger partial charge >= 0.3 is 0 Å². The molecule has 0 saturated carbocycles. The van der Waals surface area contributed by atoms with Gasteiger partial charge in [-0.3, -0.25) is 14.3 Å². The number of nitrogens with one attached hydrogen (secondary N) is 2. The molecule has 2 N–H and O–H groups in total. The van der Waals surface area contributed by atoms with E-state index in [2.05, 4.69) is 15.7 Å². The van der Waals surface area contributed by atoms with Crippen LogP contribution in [-0.2, 0) is 23.2 Å². The molecule has 6 nitrogen and oxygen atoms in total. The number of halogens is 1. The first-order valence-corrected chi connectivity index (χ1v) is 10.1. The molecule has 2 amide bonds. The van der Waals surface area contributed by atoms with Gasteiger partial charge in [-0.1, -0.05) is 19.1 Å². The predicted octanol–water partition coefficient (Wildman–Crippen LogP) is 4.29. The third-order valence-corrected chi connectivity index (χ3v) is 4.69. The number of aryl methyl sites for hydroxylation is 1. The van der Waals surface area contributed by atoms with Gasteiger partial charge in [-0.2, -0.15) is 5.10 Å². The molecule has 1 aromatic heterocycles. The Morgan fingerprint density at radius 1 is 1.10 bits per heavy atom. The van der Waals surface area contributed by atoms with Gasteiger partial charge in [0.25, 0.3) is 0 Å². The van der Waals surface area contributed by atoms with E-state index >= 15 is 0 Å². The van der Waals surface area contributed by atoms with Gasteiger partial charge in [0.2, 0.25) is 11.8 Å². The second-order valence-electron chi connectivity index (χ2n) is 7.13. The summed E-state index contributed by atoms with van der Waals surface area (Å²) in [6.45, 7) is 2.42. The third-order valence-electron chi connectivity index (χ3n) is 4.69. The molecule has 3 rings (SSSR count). The van der Waals surface area contributed by atoms with Crippen molar-refractivity contribution in [1.82, 2.24) is 15.1 Å². The largest absolute Gasteiger partial charge is 0.352 e. The number of amides is 2. The Morgan fingerprint density at radius 2 is 1.81 bits per heavy atom. The number of anilines is 1. The molecule has 1 heterocycles. The molecule has 0 saturated heterocycles. The Hall–Kier alpha value is -3.74. The maximum Gasteiger partial charge on any atom is 0.248 e. The molecular formula is C24H25FN4O2. The normalized spacial score (nSPS) is 10.9. The van der Waals surface area contributed by atoms with Gasteiger partial charge in [0.1, 0.15) is 5.82 Å². The molecule has 7 heteroatoms. The molecule has 0 fully saturated rings. The quantitative estimate of drug-likeness (QED) is 0.534. The van der Waals surface area contributed by atoms with Crippen LogP contribution >= 0.6 is 0 Å². The fourth-order valence-corrected chi connectivity index (χ4v) is 3.11. The Labute approximate surface area is 180 Å². The monoisotopic (exact) mass is 420 g/mol. The summed E-state index contributed by atoms with van der Waals surface area (Å²) in [4.78, 5) is 23.9. The highest BCUT2D eigenvalue weighted by atomic mass is 19.1. The van der Waals surface area contributed by atoms with Crippen LogP contribution in [0.2, 0.25) is 0 Å². The van der Waals surface area contributed by atoms with Crippen LogP contribution in [0.5, 0.6) is 0 Å².